The molecule has 0 aliphatic heterocycles. The normalized spacial score (nSPS) is 11.1. The number of hydrogen-bond acceptors (Lipinski definition) is 2. The molecule has 0 N–H and O–H groups in total. The molecule has 3 aromatic rings. The Bertz CT molecular complexity index is 664. The molecule has 1 heterocycles. The van der Waals surface area contributed by atoms with Gasteiger partial charge in [0, 0.05) is 17.0 Å². The zero-order chi connectivity index (χ0) is 11.0. The number of benzene rings is 2. The summed E-state index contributed by atoms with van der Waals surface area (Å²) >= 11 is 5.75. The number of alkyl halides is 1. The maximum atomic E-state index is 5.75. The van der Waals surface area contributed by atoms with E-state index in [1.54, 1.807) is 0 Å². The largest absolute Gasteiger partial charge is 0.239 e. The molecule has 0 fully saturated rings. The highest BCUT2D eigenvalue weighted by Gasteiger charge is 2.03. The van der Waals surface area contributed by atoms with Gasteiger partial charge in [0.2, 0.25) is 0 Å². The molecule has 0 saturated heterocycles. The highest BCUT2D eigenvalue weighted by atomic mass is 35.5. The van der Waals surface area contributed by atoms with Crippen LogP contribution in [0.4, 0.5) is 0 Å². The van der Waals surface area contributed by atoms with Crippen molar-refractivity contribution in [1.82, 2.24) is 9.97 Å². The van der Waals surface area contributed by atoms with Crippen LogP contribution in [-0.4, -0.2) is 9.97 Å². The van der Waals surface area contributed by atoms with Gasteiger partial charge in [0.25, 0.3) is 0 Å². The van der Waals surface area contributed by atoms with Crippen molar-refractivity contribution in [2.24, 2.45) is 0 Å². The van der Waals surface area contributed by atoms with E-state index in [1.165, 1.54) is 5.39 Å². The Morgan fingerprint density at radius 3 is 2.69 bits per heavy atom. The molecular formula is C13H9ClN2. The van der Waals surface area contributed by atoms with Crippen LogP contribution in [0.5, 0.6) is 0 Å². The molecule has 3 heteroatoms. The van der Waals surface area contributed by atoms with Crippen LogP contribution < -0.4 is 0 Å². The van der Waals surface area contributed by atoms with Crippen LogP contribution in [-0.2, 0) is 5.88 Å². The summed E-state index contributed by atoms with van der Waals surface area (Å²) < 4.78 is 0. The molecule has 78 valence electrons. The Hall–Kier alpha value is -1.67. The lowest BCUT2D eigenvalue weighted by Gasteiger charge is -2.03. The van der Waals surface area contributed by atoms with E-state index in [0.717, 1.165) is 16.3 Å². The summed E-state index contributed by atoms with van der Waals surface area (Å²) in [6.07, 6.45) is 1.83. The first-order valence-corrected chi connectivity index (χ1v) is 5.61. The minimum Gasteiger partial charge on any atom is -0.239 e. The summed E-state index contributed by atoms with van der Waals surface area (Å²) in [6.45, 7) is 0. The molecule has 0 amide bonds. The second-order valence-corrected chi connectivity index (χ2v) is 3.91. The Labute approximate surface area is 97.9 Å². The molecule has 0 radical (unpaired) electrons. The minimum absolute atomic E-state index is 0.346. The van der Waals surface area contributed by atoms with Gasteiger partial charge in [0.1, 0.15) is 5.82 Å². The molecule has 16 heavy (non-hydrogen) atoms. The van der Waals surface area contributed by atoms with Crippen LogP contribution in [0.25, 0.3) is 21.7 Å². The highest BCUT2D eigenvalue weighted by molar-refractivity contribution is 6.16. The first-order valence-electron chi connectivity index (χ1n) is 5.08. The molecule has 0 saturated carbocycles. The van der Waals surface area contributed by atoms with Gasteiger partial charge in [-0.1, -0.05) is 36.4 Å². The fourth-order valence-corrected chi connectivity index (χ4v) is 2.00. The molecule has 0 aliphatic rings. The van der Waals surface area contributed by atoms with Crippen molar-refractivity contribution in [3.63, 3.8) is 0 Å². The van der Waals surface area contributed by atoms with E-state index >= 15 is 0 Å². The SMILES string of the molecule is ClCc1ncc2ccc3ccccc3c2n1. The summed E-state index contributed by atoms with van der Waals surface area (Å²) in [7, 11) is 0. The van der Waals surface area contributed by atoms with Crippen LogP contribution in [0.15, 0.2) is 42.6 Å². The molecule has 3 rings (SSSR count). The van der Waals surface area contributed by atoms with E-state index in [-0.39, 0.29) is 0 Å². The first kappa shape index (κ1) is 9.55. The highest BCUT2D eigenvalue weighted by Crippen LogP contribution is 2.23. The van der Waals surface area contributed by atoms with Gasteiger partial charge in [0.15, 0.2) is 0 Å². The molecule has 0 bridgehead atoms. The molecular weight excluding hydrogens is 220 g/mol. The van der Waals surface area contributed by atoms with Gasteiger partial charge in [-0.05, 0) is 5.39 Å². The monoisotopic (exact) mass is 228 g/mol. The van der Waals surface area contributed by atoms with E-state index in [0.29, 0.717) is 11.7 Å². The van der Waals surface area contributed by atoms with Crippen LogP contribution in [0, 0.1) is 0 Å². The summed E-state index contributed by atoms with van der Waals surface area (Å²) in [4.78, 5) is 8.67. The minimum atomic E-state index is 0.346. The predicted molar refractivity (Wildman–Crippen MR) is 66.6 cm³/mol. The summed E-state index contributed by atoms with van der Waals surface area (Å²) in [5.41, 5.74) is 0.976. The van der Waals surface area contributed by atoms with Crippen molar-refractivity contribution in [1.29, 1.82) is 0 Å². The zero-order valence-corrected chi connectivity index (χ0v) is 9.28. The zero-order valence-electron chi connectivity index (χ0n) is 8.52. The topological polar surface area (TPSA) is 25.8 Å². The van der Waals surface area contributed by atoms with Crippen LogP contribution >= 0.6 is 11.6 Å². The van der Waals surface area contributed by atoms with E-state index < -0.39 is 0 Å². The molecule has 0 aliphatic carbocycles. The number of rotatable bonds is 1. The van der Waals surface area contributed by atoms with Crippen LogP contribution in [0.3, 0.4) is 0 Å². The quantitative estimate of drug-likeness (QED) is 0.471. The van der Waals surface area contributed by atoms with E-state index in [2.05, 4.69) is 28.2 Å². The smallest absolute Gasteiger partial charge is 0.143 e. The number of aromatic nitrogens is 2. The van der Waals surface area contributed by atoms with Gasteiger partial charge in [-0.15, -0.1) is 11.6 Å². The molecule has 2 aromatic carbocycles. The van der Waals surface area contributed by atoms with Crippen LogP contribution in [0.2, 0.25) is 0 Å². The Morgan fingerprint density at radius 1 is 1.00 bits per heavy atom. The maximum Gasteiger partial charge on any atom is 0.143 e. The second-order valence-electron chi connectivity index (χ2n) is 3.64. The van der Waals surface area contributed by atoms with Crippen molar-refractivity contribution in [2.75, 3.05) is 0 Å². The Balaban J connectivity index is 2.47. The van der Waals surface area contributed by atoms with Gasteiger partial charge in [-0.25, -0.2) is 9.97 Å². The molecule has 2 nitrogen and oxygen atoms in total. The van der Waals surface area contributed by atoms with Gasteiger partial charge in [-0.2, -0.15) is 0 Å². The molecule has 0 atom stereocenters. The summed E-state index contributed by atoms with van der Waals surface area (Å²) in [5, 5.41) is 3.38. The molecule has 1 aromatic heterocycles. The van der Waals surface area contributed by atoms with Crippen LogP contribution in [0.1, 0.15) is 5.82 Å². The Morgan fingerprint density at radius 2 is 1.81 bits per heavy atom. The van der Waals surface area contributed by atoms with Gasteiger partial charge >= 0.3 is 0 Å². The number of halogens is 1. The fraction of sp³-hybridized carbons (Fsp3) is 0.0769. The average molecular weight is 229 g/mol. The van der Waals surface area contributed by atoms with Gasteiger partial charge < -0.3 is 0 Å². The van der Waals surface area contributed by atoms with Crippen molar-refractivity contribution in [2.45, 2.75) is 5.88 Å². The third-order valence-corrected chi connectivity index (χ3v) is 2.88. The lowest BCUT2D eigenvalue weighted by Crippen LogP contribution is -1.91. The van der Waals surface area contributed by atoms with Gasteiger partial charge in [-0.3, -0.25) is 0 Å². The van der Waals surface area contributed by atoms with E-state index in [9.17, 15) is 0 Å². The summed E-state index contributed by atoms with van der Waals surface area (Å²) in [5.74, 6) is 1.02. The summed E-state index contributed by atoms with van der Waals surface area (Å²) in [6, 6.07) is 12.3. The third kappa shape index (κ3) is 1.42. The first-order chi connectivity index (χ1) is 7.88. The number of hydrogen-bond donors (Lipinski definition) is 0. The standard InChI is InChI=1S/C13H9ClN2/c14-7-12-15-8-10-6-5-9-3-1-2-4-11(9)13(10)16-12/h1-6,8H,7H2. The average Bonchev–Trinajstić information content (AvgIpc) is 2.38. The number of fused-ring (bicyclic) bond motifs is 3. The van der Waals surface area contributed by atoms with E-state index in [1.807, 2.05) is 24.4 Å². The second kappa shape index (κ2) is 3.72. The lowest BCUT2D eigenvalue weighted by atomic mass is 10.1. The number of nitrogens with zero attached hydrogens (tertiary/aromatic N) is 2. The van der Waals surface area contributed by atoms with Gasteiger partial charge in [0.05, 0.1) is 11.4 Å². The van der Waals surface area contributed by atoms with Crippen molar-refractivity contribution in [3.8, 4) is 0 Å². The third-order valence-electron chi connectivity index (χ3n) is 2.64. The Kier molecular flexibility index (Phi) is 2.22. The lowest BCUT2D eigenvalue weighted by molar-refractivity contribution is 1.07. The maximum absolute atomic E-state index is 5.75. The molecule has 0 unspecified atom stereocenters. The van der Waals surface area contributed by atoms with Crippen molar-refractivity contribution in [3.05, 3.63) is 48.4 Å². The van der Waals surface area contributed by atoms with Crippen molar-refractivity contribution >= 4 is 33.3 Å². The van der Waals surface area contributed by atoms with Crippen molar-refractivity contribution < 1.29 is 0 Å². The van der Waals surface area contributed by atoms with E-state index in [4.69, 9.17) is 11.6 Å². The predicted octanol–water partition coefficient (Wildman–Crippen LogP) is 3.52. The molecule has 0 spiro atoms. The fourth-order valence-electron chi connectivity index (χ4n) is 1.87.